The second kappa shape index (κ2) is 77.8. The van der Waals surface area contributed by atoms with Crippen LogP contribution in [0, 0.1) is 11.8 Å². The molecule has 0 rings (SSSR count). The van der Waals surface area contributed by atoms with E-state index >= 15 is 0 Å². The van der Waals surface area contributed by atoms with Crippen molar-refractivity contribution in [1.29, 1.82) is 0 Å². The number of hydrogen-bond acceptors (Lipinski definition) is 8. The molecule has 0 aliphatic rings. The van der Waals surface area contributed by atoms with Crippen LogP contribution in [0.3, 0.4) is 0 Å². The Kier molecular flexibility index (Phi) is 77.7. The van der Waals surface area contributed by atoms with E-state index in [-0.39, 0.29) is 23.8 Å². The van der Waals surface area contributed by atoms with Crippen molar-refractivity contribution in [2.45, 2.75) is 440 Å². The smallest absolute Gasteiger partial charge is 0.305 e. The average molecular weight is 1300 g/mol. The van der Waals surface area contributed by atoms with Gasteiger partial charge in [0.25, 0.3) is 0 Å². The number of nitrogens with zero attached hydrogens (tertiary/aromatic N) is 2. The number of esters is 2. The van der Waals surface area contributed by atoms with Crippen molar-refractivity contribution in [1.82, 2.24) is 9.80 Å². The SMILES string of the molecule is CCCCCCCCCCCCCCCCN(CCCN)C(=O)CCCCC(=O)OCC(CCCCCC)CCCCCCCC.CCCCCCCCCCCCCCCCN(CCCN)C(=O)CCCCC(=O)OCC(CCCCCC)CCCCCCCC. The molecule has 0 saturated heterocycles. The first-order chi connectivity index (χ1) is 45.2. The van der Waals surface area contributed by atoms with Gasteiger partial charge in [-0.2, -0.15) is 0 Å². The fraction of sp³-hybridized carbons (Fsp3) is 0.951. The zero-order valence-corrected chi connectivity index (χ0v) is 63.2. The molecular formula is C82H164N4O6. The van der Waals surface area contributed by atoms with Gasteiger partial charge in [0, 0.05) is 51.9 Å². The Bertz CT molecular complexity index is 1390. The van der Waals surface area contributed by atoms with Crippen molar-refractivity contribution in [2.75, 3.05) is 52.5 Å². The van der Waals surface area contributed by atoms with Crippen LogP contribution >= 0.6 is 0 Å². The van der Waals surface area contributed by atoms with Gasteiger partial charge in [0.15, 0.2) is 0 Å². The summed E-state index contributed by atoms with van der Waals surface area (Å²) < 4.78 is 11.5. The third-order valence-corrected chi connectivity index (χ3v) is 19.4. The standard InChI is InChI=1S/2C41H82N2O3/c2*1-4-7-10-13-15-16-17-18-19-20-21-22-24-29-36-43(37-30-35-42)40(44)33-27-28-34-41(45)46-38-39(31-25-12-9-6-3)32-26-23-14-11-8-5-2/h2*39H,4-38,42H2,1-3H3. The fourth-order valence-electron chi connectivity index (χ4n) is 13.0. The maximum atomic E-state index is 13.0. The topological polar surface area (TPSA) is 145 Å². The van der Waals surface area contributed by atoms with Crippen LogP contribution in [0.4, 0.5) is 0 Å². The summed E-state index contributed by atoms with van der Waals surface area (Å²) >= 11 is 0. The molecule has 10 heteroatoms. The number of hydrogen-bond donors (Lipinski definition) is 2. The van der Waals surface area contributed by atoms with E-state index in [1.165, 1.54) is 321 Å². The summed E-state index contributed by atoms with van der Waals surface area (Å²) in [5.74, 6) is 1.28. The lowest BCUT2D eigenvalue weighted by atomic mass is 9.95. The highest BCUT2D eigenvalue weighted by molar-refractivity contribution is 5.76. The van der Waals surface area contributed by atoms with E-state index in [0.717, 1.165) is 77.5 Å². The minimum atomic E-state index is -0.0867. The molecule has 92 heavy (non-hydrogen) atoms. The summed E-state index contributed by atoms with van der Waals surface area (Å²) in [6, 6.07) is 0. The van der Waals surface area contributed by atoms with E-state index in [2.05, 4.69) is 41.5 Å². The Morgan fingerprint density at radius 3 is 0.685 bits per heavy atom. The van der Waals surface area contributed by atoms with Crippen molar-refractivity contribution in [2.24, 2.45) is 23.3 Å². The van der Waals surface area contributed by atoms with Crippen LogP contribution in [0.2, 0.25) is 0 Å². The van der Waals surface area contributed by atoms with Crippen LogP contribution in [-0.4, -0.2) is 86.0 Å². The van der Waals surface area contributed by atoms with E-state index < -0.39 is 0 Å². The molecular weight excluding hydrogens is 1140 g/mol. The molecule has 0 heterocycles. The van der Waals surface area contributed by atoms with Crippen molar-refractivity contribution in [3.05, 3.63) is 0 Å². The van der Waals surface area contributed by atoms with Gasteiger partial charge in [-0.15, -0.1) is 0 Å². The minimum Gasteiger partial charge on any atom is -0.465 e. The summed E-state index contributed by atoms with van der Waals surface area (Å²) in [7, 11) is 0. The molecule has 0 spiro atoms. The van der Waals surface area contributed by atoms with Crippen LogP contribution in [-0.2, 0) is 28.7 Å². The van der Waals surface area contributed by atoms with Crippen molar-refractivity contribution in [3.8, 4) is 0 Å². The normalized spacial score (nSPS) is 12.0. The van der Waals surface area contributed by atoms with Crippen molar-refractivity contribution in [3.63, 3.8) is 0 Å². The van der Waals surface area contributed by atoms with Gasteiger partial charge in [0.05, 0.1) is 13.2 Å². The van der Waals surface area contributed by atoms with Crippen LogP contribution in [0.25, 0.3) is 0 Å². The molecule has 2 atom stereocenters. The molecule has 0 aromatic heterocycles. The number of ether oxygens (including phenoxy) is 2. The summed E-state index contributed by atoms with van der Waals surface area (Å²) in [5, 5.41) is 0. The molecule has 0 fully saturated rings. The summed E-state index contributed by atoms with van der Waals surface area (Å²) in [5.41, 5.74) is 11.5. The quantitative estimate of drug-likeness (QED) is 0.0452. The fourth-order valence-corrected chi connectivity index (χ4v) is 13.0. The molecule has 2 unspecified atom stereocenters. The number of amides is 2. The van der Waals surface area contributed by atoms with E-state index in [9.17, 15) is 19.2 Å². The van der Waals surface area contributed by atoms with Gasteiger partial charge in [-0.25, -0.2) is 0 Å². The molecule has 0 saturated carbocycles. The molecule has 10 nitrogen and oxygen atoms in total. The van der Waals surface area contributed by atoms with E-state index in [4.69, 9.17) is 20.9 Å². The van der Waals surface area contributed by atoms with Crippen LogP contribution in [0.5, 0.6) is 0 Å². The molecule has 0 aliphatic carbocycles. The number of carbonyl (C=O) groups is 4. The predicted octanol–water partition coefficient (Wildman–Crippen LogP) is 24.2. The Morgan fingerprint density at radius 2 is 0.446 bits per heavy atom. The van der Waals surface area contributed by atoms with E-state index in [1.54, 1.807) is 0 Å². The second-order valence-corrected chi connectivity index (χ2v) is 28.6. The number of unbranched alkanes of at least 4 members (excludes halogenated alkanes) is 44. The molecule has 4 N–H and O–H groups in total. The number of rotatable bonds is 74. The second-order valence-electron chi connectivity index (χ2n) is 28.6. The number of carbonyl (C=O) groups excluding carboxylic acids is 4. The average Bonchev–Trinajstić information content (AvgIpc) is 3.27. The lowest BCUT2D eigenvalue weighted by molar-refractivity contribution is -0.146. The number of nitrogens with two attached hydrogens (primary N) is 2. The van der Waals surface area contributed by atoms with E-state index in [1.807, 2.05) is 9.80 Å². The molecule has 0 aromatic rings. The maximum absolute atomic E-state index is 13.0. The van der Waals surface area contributed by atoms with Gasteiger partial charge in [0.2, 0.25) is 11.8 Å². The highest BCUT2D eigenvalue weighted by Gasteiger charge is 2.18. The summed E-state index contributed by atoms with van der Waals surface area (Å²) in [6.45, 7) is 19.2. The maximum Gasteiger partial charge on any atom is 0.305 e. The molecule has 548 valence electrons. The molecule has 0 bridgehead atoms. The first-order valence-corrected chi connectivity index (χ1v) is 41.4. The van der Waals surface area contributed by atoms with Crippen LogP contribution in [0.15, 0.2) is 0 Å². The highest BCUT2D eigenvalue weighted by Crippen LogP contribution is 2.23. The molecule has 0 radical (unpaired) electrons. The Labute approximate surface area is 574 Å². The van der Waals surface area contributed by atoms with Gasteiger partial charge >= 0.3 is 11.9 Å². The Morgan fingerprint density at radius 1 is 0.250 bits per heavy atom. The molecule has 0 aromatic carbocycles. The largest absolute Gasteiger partial charge is 0.465 e. The lowest BCUT2D eigenvalue weighted by Gasteiger charge is -2.22. The first kappa shape index (κ1) is 91.9. The third kappa shape index (κ3) is 69.2. The Balaban J connectivity index is 0. The van der Waals surface area contributed by atoms with Gasteiger partial charge in [-0.05, 0) is 102 Å². The zero-order valence-electron chi connectivity index (χ0n) is 63.2. The zero-order chi connectivity index (χ0) is 67.5. The summed E-state index contributed by atoms with van der Waals surface area (Å²) in [4.78, 5) is 55.0. The van der Waals surface area contributed by atoms with Crippen LogP contribution < -0.4 is 11.5 Å². The monoisotopic (exact) mass is 1300 g/mol. The van der Waals surface area contributed by atoms with Gasteiger partial charge < -0.3 is 30.7 Å². The summed E-state index contributed by atoms with van der Waals surface area (Å²) in [6.07, 6.45) is 74.8. The van der Waals surface area contributed by atoms with Crippen molar-refractivity contribution >= 4 is 23.8 Å². The third-order valence-electron chi connectivity index (χ3n) is 19.4. The molecule has 2 amide bonds. The van der Waals surface area contributed by atoms with Crippen LogP contribution in [0.1, 0.15) is 440 Å². The van der Waals surface area contributed by atoms with E-state index in [0.29, 0.717) is 63.8 Å². The predicted molar refractivity (Wildman–Crippen MR) is 400 cm³/mol. The first-order valence-electron chi connectivity index (χ1n) is 41.4. The lowest BCUT2D eigenvalue weighted by Crippen LogP contribution is -2.33. The minimum absolute atomic E-state index is 0.0867. The van der Waals surface area contributed by atoms with Gasteiger partial charge in [-0.1, -0.05) is 337 Å². The molecule has 0 aliphatic heterocycles. The van der Waals surface area contributed by atoms with Gasteiger partial charge in [-0.3, -0.25) is 19.2 Å². The highest BCUT2D eigenvalue weighted by atomic mass is 16.5. The Hall–Kier alpha value is -2.20. The van der Waals surface area contributed by atoms with Gasteiger partial charge in [0.1, 0.15) is 0 Å². The van der Waals surface area contributed by atoms with Crippen molar-refractivity contribution < 1.29 is 28.7 Å².